The van der Waals surface area contributed by atoms with Crippen molar-refractivity contribution < 1.29 is 4.21 Å². The van der Waals surface area contributed by atoms with Crippen molar-refractivity contribution in [3.8, 4) is 0 Å². The molecule has 3 heteroatoms. The number of rotatable bonds is 3. The molecule has 0 saturated carbocycles. The van der Waals surface area contributed by atoms with Crippen LogP contribution in [0.5, 0.6) is 0 Å². The molecule has 0 aliphatic carbocycles. The van der Waals surface area contributed by atoms with E-state index in [1.165, 1.54) is 0 Å². The molecule has 1 atom stereocenters. The Hall–Kier alpha value is -1.35. The van der Waals surface area contributed by atoms with Crippen LogP contribution < -0.4 is 0 Å². The third-order valence-electron chi connectivity index (χ3n) is 2.73. The van der Waals surface area contributed by atoms with E-state index >= 15 is 0 Å². The largest absolute Gasteiger partial charge is 0.267 e. The monoisotopic (exact) mass is 247 g/mol. The molecular formula is C14H17NOS. The van der Waals surface area contributed by atoms with E-state index in [4.69, 9.17) is 0 Å². The summed E-state index contributed by atoms with van der Waals surface area (Å²) in [5.41, 5.74) is 3.40. The molecule has 90 valence electrons. The van der Waals surface area contributed by atoms with Crippen molar-refractivity contribution in [3.63, 3.8) is 0 Å². The maximum absolute atomic E-state index is 12.5. The minimum atomic E-state index is -1.13. The normalized spacial score (nSPS) is 12.6. The maximum atomic E-state index is 12.5. The van der Waals surface area contributed by atoms with Crippen LogP contribution >= 0.6 is 0 Å². The van der Waals surface area contributed by atoms with Gasteiger partial charge < -0.3 is 0 Å². The summed E-state index contributed by atoms with van der Waals surface area (Å²) < 4.78 is 14.3. The van der Waals surface area contributed by atoms with E-state index in [0.29, 0.717) is 0 Å². The average molecular weight is 247 g/mol. The Kier molecular flexibility index (Phi) is 3.48. The van der Waals surface area contributed by atoms with Gasteiger partial charge in [-0.25, -0.2) is 4.21 Å². The van der Waals surface area contributed by atoms with E-state index in [2.05, 4.69) is 13.0 Å². The van der Waals surface area contributed by atoms with Crippen molar-refractivity contribution in [2.45, 2.75) is 32.1 Å². The van der Waals surface area contributed by atoms with E-state index in [9.17, 15) is 4.21 Å². The van der Waals surface area contributed by atoms with Crippen LogP contribution in [-0.2, 0) is 17.4 Å². The second-order valence-electron chi connectivity index (χ2n) is 4.25. The summed E-state index contributed by atoms with van der Waals surface area (Å²) in [7, 11) is -1.13. The number of nitrogens with zero attached hydrogens (tertiary/aromatic N) is 1. The van der Waals surface area contributed by atoms with E-state index in [-0.39, 0.29) is 0 Å². The Balaban J connectivity index is 2.43. The van der Waals surface area contributed by atoms with Crippen LogP contribution in [0.25, 0.3) is 0 Å². The molecule has 1 heterocycles. The second kappa shape index (κ2) is 4.88. The van der Waals surface area contributed by atoms with E-state index in [1.54, 1.807) is 0 Å². The molecule has 1 aromatic carbocycles. The van der Waals surface area contributed by atoms with Crippen LogP contribution in [0.2, 0.25) is 0 Å². The van der Waals surface area contributed by atoms with Crippen LogP contribution in [-0.4, -0.2) is 8.18 Å². The smallest absolute Gasteiger partial charge is 0.156 e. The van der Waals surface area contributed by atoms with Gasteiger partial charge in [0.25, 0.3) is 0 Å². The van der Waals surface area contributed by atoms with Crippen molar-refractivity contribution in [1.29, 1.82) is 0 Å². The van der Waals surface area contributed by atoms with Crippen molar-refractivity contribution in [3.05, 3.63) is 53.3 Å². The van der Waals surface area contributed by atoms with Gasteiger partial charge >= 0.3 is 0 Å². The molecule has 2 rings (SSSR count). The molecule has 1 aromatic heterocycles. The standard InChI is InChI=1S/C14H17NOS/c1-4-13-6-5-7-15(13)17(16)14-9-11(2)8-12(3)10-14/h5-10H,4H2,1-3H3. The molecule has 2 nitrogen and oxygen atoms in total. The van der Waals surface area contributed by atoms with E-state index in [0.717, 1.165) is 28.1 Å². The van der Waals surface area contributed by atoms with Gasteiger partial charge in [0.2, 0.25) is 0 Å². The molecule has 2 aromatic rings. The second-order valence-corrected chi connectivity index (χ2v) is 5.61. The van der Waals surface area contributed by atoms with Gasteiger partial charge in [0, 0.05) is 11.9 Å². The molecule has 17 heavy (non-hydrogen) atoms. The van der Waals surface area contributed by atoms with Gasteiger partial charge in [-0.3, -0.25) is 3.97 Å². The summed E-state index contributed by atoms with van der Waals surface area (Å²) in [6.07, 6.45) is 2.77. The van der Waals surface area contributed by atoms with Crippen LogP contribution in [0.1, 0.15) is 23.7 Å². The summed E-state index contributed by atoms with van der Waals surface area (Å²) >= 11 is 0. The number of hydrogen-bond acceptors (Lipinski definition) is 1. The Morgan fingerprint density at radius 3 is 2.41 bits per heavy atom. The highest BCUT2D eigenvalue weighted by molar-refractivity contribution is 7.83. The lowest BCUT2D eigenvalue weighted by atomic mass is 10.2. The summed E-state index contributed by atoms with van der Waals surface area (Å²) in [6.45, 7) is 6.14. The van der Waals surface area contributed by atoms with E-state index in [1.807, 2.05) is 48.3 Å². The molecule has 0 amide bonds. The first-order chi connectivity index (χ1) is 8.11. The predicted octanol–water partition coefficient (Wildman–Crippen LogP) is 3.24. The molecule has 0 aliphatic rings. The van der Waals surface area contributed by atoms with Gasteiger partial charge in [0.1, 0.15) is 0 Å². The Morgan fingerprint density at radius 1 is 1.18 bits per heavy atom. The predicted molar refractivity (Wildman–Crippen MR) is 71.5 cm³/mol. The summed E-state index contributed by atoms with van der Waals surface area (Å²) in [5.74, 6) is 0. The number of aromatic nitrogens is 1. The fourth-order valence-electron chi connectivity index (χ4n) is 1.98. The zero-order valence-electron chi connectivity index (χ0n) is 10.4. The summed E-state index contributed by atoms with van der Waals surface area (Å²) in [5, 5.41) is 0. The van der Waals surface area contributed by atoms with Gasteiger partial charge in [-0.2, -0.15) is 0 Å². The SMILES string of the molecule is CCc1cccn1S(=O)c1cc(C)cc(C)c1. The summed E-state index contributed by atoms with van der Waals surface area (Å²) in [4.78, 5) is 0.869. The van der Waals surface area contributed by atoms with Crippen molar-refractivity contribution >= 4 is 11.0 Å². The quantitative estimate of drug-likeness (QED) is 0.816. The molecule has 0 aliphatic heterocycles. The first-order valence-electron chi connectivity index (χ1n) is 5.78. The lowest BCUT2D eigenvalue weighted by Crippen LogP contribution is -2.07. The average Bonchev–Trinajstić information content (AvgIpc) is 2.74. The topological polar surface area (TPSA) is 22.0 Å². The molecule has 0 N–H and O–H groups in total. The molecule has 0 bridgehead atoms. The lowest BCUT2D eigenvalue weighted by molar-refractivity contribution is 0.675. The van der Waals surface area contributed by atoms with Crippen LogP contribution in [0.3, 0.4) is 0 Å². The molecule has 0 spiro atoms. The minimum Gasteiger partial charge on any atom is -0.267 e. The van der Waals surface area contributed by atoms with Crippen molar-refractivity contribution in [2.75, 3.05) is 0 Å². The molecule has 1 unspecified atom stereocenters. The van der Waals surface area contributed by atoms with Gasteiger partial charge in [-0.15, -0.1) is 0 Å². The van der Waals surface area contributed by atoms with Gasteiger partial charge in [-0.05, 0) is 55.7 Å². The first kappa shape index (κ1) is 12.1. The fraction of sp³-hybridized carbons (Fsp3) is 0.286. The van der Waals surface area contributed by atoms with Gasteiger partial charge in [0.15, 0.2) is 11.0 Å². The molecule has 0 fully saturated rings. The number of aryl methyl sites for hydroxylation is 3. The van der Waals surface area contributed by atoms with Crippen molar-refractivity contribution in [2.24, 2.45) is 0 Å². The highest BCUT2D eigenvalue weighted by Gasteiger charge is 2.09. The van der Waals surface area contributed by atoms with Gasteiger partial charge in [0.05, 0.1) is 4.90 Å². The first-order valence-corrected chi connectivity index (χ1v) is 6.89. The molecular weight excluding hydrogens is 230 g/mol. The Labute approximate surface area is 105 Å². The number of benzene rings is 1. The van der Waals surface area contributed by atoms with E-state index < -0.39 is 11.0 Å². The minimum absolute atomic E-state index is 0.869. The summed E-state index contributed by atoms with van der Waals surface area (Å²) in [6, 6.07) is 10.0. The highest BCUT2D eigenvalue weighted by Crippen LogP contribution is 2.16. The van der Waals surface area contributed by atoms with Crippen LogP contribution in [0, 0.1) is 13.8 Å². The van der Waals surface area contributed by atoms with Crippen LogP contribution in [0.4, 0.5) is 0 Å². The zero-order valence-corrected chi connectivity index (χ0v) is 11.3. The lowest BCUT2D eigenvalue weighted by Gasteiger charge is -2.09. The highest BCUT2D eigenvalue weighted by atomic mass is 32.2. The maximum Gasteiger partial charge on any atom is 0.156 e. The van der Waals surface area contributed by atoms with Crippen molar-refractivity contribution in [1.82, 2.24) is 3.97 Å². The third kappa shape index (κ3) is 2.50. The number of hydrogen-bond donors (Lipinski definition) is 0. The van der Waals surface area contributed by atoms with Crippen LogP contribution in [0.15, 0.2) is 41.4 Å². The third-order valence-corrected chi connectivity index (χ3v) is 4.08. The Bertz CT molecular complexity index is 537. The zero-order chi connectivity index (χ0) is 12.4. The molecule has 0 saturated heterocycles. The molecule has 0 radical (unpaired) electrons. The fourth-order valence-corrected chi connectivity index (χ4v) is 3.37. The Morgan fingerprint density at radius 2 is 1.82 bits per heavy atom. The van der Waals surface area contributed by atoms with Gasteiger partial charge in [-0.1, -0.05) is 13.0 Å².